The van der Waals surface area contributed by atoms with E-state index >= 15 is 0 Å². The maximum atomic E-state index is 4.49. The van der Waals surface area contributed by atoms with Crippen molar-refractivity contribution in [2.75, 3.05) is 0 Å². The molecule has 1 aliphatic carbocycles. The molecule has 0 unspecified atom stereocenters. The molecule has 0 bridgehead atoms. The molecule has 0 radical (unpaired) electrons. The van der Waals surface area contributed by atoms with Crippen LogP contribution in [0.15, 0.2) is 0 Å². The first-order valence-electron chi connectivity index (χ1n) is 5.12. The largest absolute Gasteiger partial charge is 0.262 e. The predicted molar refractivity (Wildman–Crippen MR) is 56.6 cm³/mol. The number of nitrogens with zero attached hydrogens (tertiary/aromatic N) is 4. The molecule has 0 aliphatic heterocycles. The summed E-state index contributed by atoms with van der Waals surface area (Å²) in [6, 6.07) is 0. The number of rotatable bonds is 3. The quantitative estimate of drug-likeness (QED) is 0.857. The van der Waals surface area contributed by atoms with Crippen LogP contribution < -0.4 is 0 Å². The van der Waals surface area contributed by atoms with Crippen molar-refractivity contribution in [3.05, 3.63) is 11.5 Å². The van der Waals surface area contributed by atoms with Gasteiger partial charge in [0.25, 0.3) is 0 Å². The van der Waals surface area contributed by atoms with Crippen molar-refractivity contribution < 1.29 is 0 Å². The van der Waals surface area contributed by atoms with E-state index in [-0.39, 0.29) is 0 Å². The van der Waals surface area contributed by atoms with Crippen LogP contribution in [0.4, 0.5) is 0 Å². The summed E-state index contributed by atoms with van der Waals surface area (Å²) in [7, 11) is 0. The summed E-state index contributed by atoms with van der Waals surface area (Å²) < 4.78 is 3.94. The molecule has 1 fully saturated rings. The Hall–Kier alpha value is -1.30. The van der Waals surface area contributed by atoms with Gasteiger partial charge in [-0.2, -0.15) is 5.10 Å². The Kier molecular flexibility index (Phi) is 2.02. The second-order valence-electron chi connectivity index (χ2n) is 3.72. The highest BCUT2D eigenvalue weighted by Crippen LogP contribution is 2.38. The second kappa shape index (κ2) is 3.37. The molecular formula is C9H11N5S. The van der Waals surface area contributed by atoms with Crippen LogP contribution in [0.1, 0.15) is 37.2 Å². The Morgan fingerprint density at radius 3 is 3.07 bits per heavy atom. The molecule has 2 aromatic heterocycles. The summed E-state index contributed by atoms with van der Waals surface area (Å²) >= 11 is 1.37. The maximum Gasteiger partial charge on any atom is 0.194 e. The van der Waals surface area contributed by atoms with Crippen LogP contribution in [0.5, 0.6) is 0 Å². The molecule has 0 saturated heterocycles. The molecule has 2 heterocycles. The SMILES string of the molecule is CCc1nnsc1-c1n[nH]c(C2CC2)n1. The molecule has 0 aromatic carbocycles. The lowest BCUT2D eigenvalue weighted by atomic mass is 10.3. The molecule has 1 saturated carbocycles. The van der Waals surface area contributed by atoms with Crippen molar-refractivity contribution in [2.24, 2.45) is 0 Å². The van der Waals surface area contributed by atoms with Crippen LogP contribution in [0.25, 0.3) is 10.7 Å². The molecule has 2 aromatic rings. The monoisotopic (exact) mass is 221 g/mol. The third kappa shape index (κ3) is 1.54. The predicted octanol–water partition coefficient (Wildman–Crippen LogP) is 1.76. The highest BCUT2D eigenvalue weighted by Gasteiger charge is 2.27. The lowest BCUT2D eigenvalue weighted by molar-refractivity contribution is 0.935. The summed E-state index contributed by atoms with van der Waals surface area (Å²) in [4.78, 5) is 5.49. The Bertz CT molecular complexity index is 470. The fourth-order valence-corrected chi connectivity index (χ4v) is 2.21. The molecule has 5 nitrogen and oxygen atoms in total. The molecule has 0 spiro atoms. The molecule has 1 N–H and O–H groups in total. The van der Waals surface area contributed by atoms with Gasteiger partial charge in [-0.25, -0.2) is 4.98 Å². The fraction of sp³-hybridized carbons (Fsp3) is 0.556. The van der Waals surface area contributed by atoms with E-state index in [9.17, 15) is 0 Å². The number of aromatic amines is 1. The summed E-state index contributed by atoms with van der Waals surface area (Å²) in [5.74, 6) is 2.38. The molecule has 15 heavy (non-hydrogen) atoms. The number of aromatic nitrogens is 5. The van der Waals surface area contributed by atoms with Gasteiger partial charge in [0.2, 0.25) is 0 Å². The van der Waals surface area contributed by atoms with Crippen LogP contribution in [-0.2, 0) is 6.42 Å². The topological polar surface area (TPSA) is 67.3 Å². The first-order valence-corrected chi connectivity index (χ1v) is 5.89. The van der Waals surface area contributed by atoms with Crippen LogP contribution in [0, 0.1) is 0 Å². The van der Waals surface area contributed by atoms with E-state index in [0.29, 0.717) is 5.92 Å². The standard InChI is InChI=1S/C9H11N5S/c1-2-6-7(15-14-11-6)9-10-8(12-13-9)5-3-4-5/h5H,2-4H2,1H3,(H,10,12,13). The number of hydrogen-bond donors (Lipinski definition) is 1. The summed E-state index contributed by atoms with van der Waals surface area (Å²) in [5, 5.41) is 11.3. The minimum absolute atomic E-state index is 0.609. The smallest absolute Gasteiger partial charge is 0.194 e. The third-order valence-electron chi connectivity index (χ3n) is 2.56. The number of aryl methyl sites for hydroxylation is 1. The van der Waals surface area contributed by atoms with Crippen molar-refractivity contribution in [1.29, 1.82) is 0 Å². The van der Waals surface area contributed by atoms with Crippen molar-refractivity contribution in [1.82, 2.24) is 24.8 Å². The molecular weight excluding hydrogens is 210 g/mol. The van der Waals surface area contributed by atoms with Crippen molar-refractivity contribution >= 4 is 11.5 Å². The van der Waals surface area contributed by atoms with Crippen LogP contribution in [0.2, 0.25) is 0 Å². The molecule has 1 aliphatic rings. The molecule has 0 atom stereocenters. The van der Waals surface area contributed by atoms with Crippen molar-refractivity contribution in [3.63, 3.8) is 0 Å². The first kappa shape index (κ1) is 8.96. The lowest BCUT2D eigenvalue weighted by Crippen LogP contribution is -1.86. The van der Waals surface area contributed by atoms with Gasteiger partial charge < -0.3 is 0 Å². The van der Waals surface area contributed by atoms with Crippen LogP contribution >= 0.6 is 11.5 Å². The van der Waals surface area contributed by atoms with E-state index in [0.717, 1.165) is 28.6 Å². The molecule has 3 rings (SSSR count). The fourth-order valence-electron chi connectivity index (χ4n) is 1.52. The van der Waals surface area contributed by atoms with Crippen LogP contribution in [-0.4, -0.2) is 24.8 Å². The van der Waals surface area contributed by atoms with Gasteiger partial charge in [0.1, 0.15) is 10.7 Å². The average Bonchev–Trinajstić information content (AvgIpc) is 2.83. The van der Waals surface area contributed by atoms with Gasteiger partial charge in [0.15, 0.2) is 5.82 Å². The van der Waals surface area contributed by atoms with Gasteiger partial charge in [-0.1, -0.05) is 11.4 Å². The number of H-pyrrole nitrogens is 1. The van der Waals surface area contributed by atoms with Gasteiger partial charge in [0.05, 0.1) is 5.69 Å². The Labute approximate surface area is 91.1 Å². The van der Waals surface area contributed by atoms with E-state index in [4.69, 9.17) is 0 Å². The third-order valence-corrected chi connectivity index (χ3v) is 3.32. The highest BCUT2D eigenvalue weighted by atomic mass is 32.1. The van der Waals surface area contributed by atoms with Gasteiger partial charge >= 0.3 is 0 Å². The zero-order valence-corrected chi connectivity index (χ0v) is 9.21. The summed E-state index contributed by atoms with van der Waals surface area (Å²) in [5.41, 5.74) is 0.987. The van der Waals surface area contributed by atoms with E-state index in [1.807, 2.05) is 0 Å². The summed E-state index contributed by atoms with van der Waals surface area (Å²) in [6.45, 7) is 2.06. The number of nitrogens with one attached hydrogen (secondary N) is 1. The van der Waals surface area contributed by atoms with Gasteiger partial charge in [0, 0.05) is 5.92 Å². The van der Waals surface area contributed by atoms with E-state index in [1.165, 1.54) is 24.4 Å². The normalized spacial score (nSPS) is 15.8. The van der Waals surface area contributed by atoms with Crippen LogP contribution in [0.3, 0.4) is 0 Å². The minimum Gasteiger partial charge on any atom is -0.262 e. The van der Waals surface area contributed by atoms with Crippen molar-refractivity contribution in [3.8, 4) is 10.7 Å². The average molecular weight is 221 g/mol. The van der Waals surface area contributed by atoms with Gasteiger partial charge in [-0.05, 0) is 30.8 Å². The molecule has 6 heteroatoms. The van der Waals surface area contributed by atoms with E-state index in [2.05, 4.69) is 31.7 Å². The Morgan fingerprint density at radius 1 is 1.47 bits per heavy atom. The Balaban J connectivity index is 1.97. The van der Waals surface area contributed by atoms with Crippen molar-refractivity contribution in [2.45, 2.75) is 32.1 Å². The molecule has 78 valence electrons. The lowest BCUT2D eigenvalue weighted by Gasteiger charge is -1.90. The highest BCUT2D eigenvalue weighted by molar-refractivity contribution is 7.09. The molecule has 0 amide bonds. The van der Waals surface area contributed by atoms with E-state index < -0.39 is 0 Å². The number of hydrogen-bond acceptors (Lipinski definition) is 5. The Morgan fingerprint density at radius 2 is 2.33 bits per heavy atom. The second-order valence-corrected chi connectivity index (χ2v) is 4.47. The zero-order valence-electron chi connectivity index (χ0n) is 8.40. The summed E-state index contributed by atoms with van der Waals surface area (Å²) in [6.07, 6.45) is 3.34. The minimum atomic E-state index is 0.609. The first-order chi connectivity index (χ1) is 7.38. The van der Waals surface area contributed by atoms with E-state index in [1.54, 1.807) is 0 Å². The van der Waals surface area contributed by atoms with Gasteiger partial charge in [-0.3, -0.25) is 5.10 Å². The maximum absolute atomic E-state index is 4.49. The van der Waals surface area contributed by atoms with Gasteiger partial charge in [-0.15, -0.1) is 5.10 Å². The zero-order chi connectivity index (χ0) is 10.3.